The standard InChI is InChI=1S/C20H23ClF4N6/c21-15-3-1-2-14(28-15)16-29-17(26-12-4-8-19(22,23)9-5-12)31-18(30-16)27-13-6-10-20(24,25)11-7-13/h1-3,12-13H,4-11H2,(H2,26,27,29,30,31). The van der Waals surface area contributed by atoms with Crippen LogP contribution in [-0.2, 0) is 0 Å². The molecule has 2 aliphatic rings. The first kappa shape index (κ1) is 22.0. The van der Waals surface area contributed by atoms with Crippen LogP contribution >= 0.6 is 11.6 Å². The fourth-order valence-electron chi connectivity index (χ4n) is 3.89. The van der Waals surface area contributed by atoms with Crippen LogP contribution in [0.15, 0.2) is 18.2 Å². The van der Waals surface area contributed by atoms with Gasteiger partial charge >= 0.3 is 0 Å². The summed E-state index contributed by atoms with van der Waals surface area (Å²) in [6.45, 7) is 0. The molecule has 2 aliphatic carbocycles. The van der Waals surface area contributed by atoms with Gasteiger partial charge in [0, 0.05) is 37.8 Å². The van der Waals surface area contributed by atoms with Gasteiger partial charge in [-0.25, -0.2) is 22.5 Å². The van der Waals surface area contributed by atoms with E-state index >= 15 is 0 Å². The lowest BCUT2D eigenvalue weighted by Crippen LogP contribution is -2.33. The van der Waals surface area contributed by atoms with Crippen LogP contribution in [0.2, 0.25) is 5.15 Å². The van der Waals surface area contributed by atoms with Gasteiger partial charge in [0.2, 0.25) is 23.7 Å². The molecule has 0 atom stereocenters. The second kappa shape index (κ2) is 8.72. The van der Waals surface area contributed by atoms with Crippen LogP contribution in [-0.4, -0.2) is 43.9 Å². The predicted molar refractivity (Wildman–Crippen MR) is 110 cm³/mol. The van der Waals surface area contributed by atoms with Crippen molar-refractivity contribution in [1.82, 2.24) is 19.9 Å². The maximum atomic E-state index is 13.5. The van der Waals surface area contributed by atoms with Crippen LogP contribution in [0.5, 0.6) is 0 Å². The fourth-order valence-corrected chi connectivity index (χ4v) is 4.05. The Balaban J connectivity index is 1.55. The number of rotatable bonds is 5. The quantitative estimate of drug-likeness (QED) is 0.451. The smallest absolute Gasteiger partial charge is 0.248 e. The van der Waals surface area contributed by atoms with Crippen LogP contribution in [0, 0.1) is 0 Å². The second-order valence-electron chi connectivity index (χ2n) is 8.20. The average Bonchev–Trinajstić information content (AvgIpc) is 2.71. The highest BCUT2D eigenvalue weighted by atomic mass is 35.5. The van der Waals surface area contributed by atoms with Crippen LogP contribution in [0.1, 0.15) is 51.4 Å². The zero-order valence-electron chi connectivity index (χ0n) is 16.7. The molecule has 0 bridgehead atoms. The van der Waals surface area contributed by atoms with E-state index in [1.807, 2.05) is 0 Å². The molecule has 2 saturated carbocycles. The summed E-state index contributed by atoms with van der Waals surface area (Å²) in [5.41, 5.74) is 0.423. The number of hydrogen-bond donors (Lipinski definition) is 2. The molecular formula is C20H23ClF4N6. The van der Waals surface area contributed by atoms with Crippen molar-refractivity contribution < 1.29 is 17.6 Å². The van der Waals surface area contributed by atoms with Crippen molar-refractivity contribution in [3.8, 4) is 11.5 Å². The van der Waals surface area contributed by atoms with Crippen molar-refractivity contribution in [2.75, 3.05) is 10.6 Å². The molecule has 0 radical (unpaired) electrons. The molecule has 2 fully saturated rings. The minimum atomic E-state index is -2.64. The lowest BCUT2D eigenvalue weighted by atomic mass is 9.92. The van der Waals surface area contributed by atoms with Crippen molar-refractivity contribution >= 4 is 23.5 Å². The van der Waals surface area contributed by atoms with Gasteiger partial charge in [-0.05, 0) is 37.8 Å². The van der Waals surface area contributed by atoms with E-state index in [1.165, 1.54) is 0 Å². The molecule has 0 unspecified atom stereocenters. The summed E-state index contributed by atoms with van der Waals surface area (Å²) in [5, 5.41) is 6.51. The molecule has 11 heteroatoms. The Bertz CT molecular complexity index is 860. The summed E-state index contributed by atoms with van der Waals surface area (Å²) in [6, 6.07) is 4.64. The van der Waals surface area contributed by atoms with Crippen molar-refractivity contribution in [2.24, 2.45) is 0 Å². The first-order valence-corrected chi connectivity index (χ1v) is 10.7. The Labute approximate surface area is 182 Å². The Kier molecular flexibility index (Phi) is 6.18. The van der Waals surface area contributed by atoms with Crippen LogP contribution in [0.25, 0.3) is 11.5 Å². The first-order chi connectivity index (χ1) is 14.7. The summed E-state index contributed by atoms with van der Waals surface area (Å²) in [7, 11) is 0. The Morgan fingerprint density at radius 1 is 0.742 bits per heavy atom. The fraction of sp³-hybridized carbons (Fsp3) is 0.600. The van der Waals surface area contributed by atoms with Gasteiger partial charge < -0.3 is 10.6 Å². The van der Waals surface area contributed by atoms with Gasteiger partial charge in [0.1, 0.15) is 10.8 Å². The lowest BCUT2D eigenvalue weighted by molar-refractivity contribution is -0.0366. The zero-order chi connectivity index (χ0) is 22.1. The van der Waals surface area contributed by atoms with Gasteiger partial charge in [0.25, 0.3) is 0 Å². The molecule has 2 aromatic heterocycles. The maximum Gasteiger partial charge on any atom is 0.248 e. The second-order valence-corrected chi connectivity index (χ2v) is 8.59. The summed E-state index contributed by atoms with van der Waals surface area (Å²) in [5.74, 6) is -4.56. The highest BCUT2D eigenvalue weighted by Gasteiger charge is 2.36. The van der Waals surface area contributed by atoms with Gasteiger partial charge in [0.05, 0.1) is 0 Å². The molecule has 2 N–H and O–H groups in total. The van der Waals surface area contributed by atoms with E-state index in [0.717, 1.165) is 0 Å². The third-order valence-electron chi connectivity index (χ3n) is 5.68. The summed E-state index contributed by atoms with van der Waals surface area (Å²) in [6.07, 6.45) is 0.404. The molecule has 168 valence electrons. The van der Waals surface area contributed by atoms with E-state index < -0.39 is 11.8 Å². The molecule has 4 rings (SSSR count). The predicted octanol–water partition coefficient (Wildman–Crippen LogP) is 5.57. The molecule has 0 spiro atoms. The number of aromatic nitrogens is 4. The minimum Gasteiger partial charge on any atom is -0.351 e. The molecule has 31 heavy (non-hydrogen) atoms. The van der Waals surface area contributed by atoms with Gasteiger partial charge in [-0.15, -0.1) is 0 Å². The molecule has 0 aromatic carbocycles. The van der Waals surface area contributed by atoms with Gasteiger partial charge in [-0.3, -0.25) is 0 Å². The monoisotopic (exact) mass is 458 g/mol. The molecule has 0 saturated heterocycles. The van der Waals surface area contributed by atoms with E-state index in [2.05, 4.69) is 30.6 Å². The molecule has 6 nitrogen and oxygen atoms in total. The first-order valence-electron chi connectivity index (χ1n) is 10.4. The Morgan fingerprint density at radius 2 is 1.23 bits per heavy atom. The van der Waals surface area contributed by atoms with E-state index in [0.29, 0.717) is 31.4 Å². The zero-order valence-corrected chi connectivity index (χ0v) is 17.5. The Hall–Kier alpha value is -2.23. The van der Waals surface area contributed by atoms with Crippen molar-refractivity contribution in [3.05, 3.63) is 23.4 Å². The van der Waals surface area contributed by atoms with Crippen LogP contribution in [0.3, 0.4) is 0 Å². The number of halogens is 5. The lowest BCUT2D eigenvalue weighted by Gasteiger charge is -2.30. The van der Waals surface area contributed by atoms with E-state index in [9.17, 15) is 17.6 Å². The number of alkyl halides is 4. The number of anilines is 2. The van der Waals surface area contributed by atoms with E-state index in [4.69, 9.17) is 11.6 Å². The summed E-state index contributed by atoms with van der Waals surface area (Å²) >= 11 is 5.98. The van der Waals surface area contributed by atoms with Crippen molar-refractivity contribution in [1.29, 1.82) is 0 Å². The average molecular weight is 459 g/mol. The molecule has 2 heterocycles. The Morgan fingerprint density at radius 3 is 1.68 bits per heavy atom. The van der Waals surface area contributed by atoms with Crippen molar-refractivity contribution in [3.63, 3.8) is 0 Å². The number of nitrogens with one attached hydrogen (secondary N) is 2. The van der Waals surface area contributed by atoms with Gasteiger partial charge in [-0.1, -0.05) is 17.7 Å². The minimum absolute atomic E-state index is 0.191. The topological polar surface area (TPSA) is 75.6 Å². The number of hydrogen-bond acceptors (Lipinski definition) is 6. The summed E-state index contributed by atoms with van der Waals surface area (Å²) < 4.78 is 53.9. The molecular weight excluding hydrogens is 436 g/mol. The summed E-state index contributed by atoms with van der Waals surface area (Å²) in [4.78, 5) is 17.4. The van der Waals surface area contributed by atoms with Crippen LogP contribution < -0.4 is 10.6 Å². The normalized spacial score (nSPS) is 21.6. The molecule has 0 aliphatic heterocycles. The van der Waals surface area contributed by atoms with Gasteiger partial charge in [0.15, 0.2) is 5.82 Å². The number of nitrogens with zero attached hydrogens (tertiary/aromatic N) is 4. The van der Waals surface area contributed by atoms with E-state index in [1.54, 1.807) is 18.2 Å². The van der Waals surface area contributed by atoms with Crippen LogP contribution in [0.4, 0.5) is 29.5 Å². The maximum absolute atomic E-state index is 13.5. The van der Waals surface area contributed by atoms with Gasteiger partial charge in [-0.2, -0.15) is 15.0 Å². The highest BCUT2D eigenvalue weighted by Crippen LogP contribution is 2.35. The van der Waals surface area contributed by atoms with Crippen molar-refractivity contribution in [2.45, 2.75) is 75.3 Å². The van der Waals surface area contributed by atoms with E-state index in [-0.39, 0.29) is 60.6 Å². The third kappa shape index (κ3) is 5.93. The third-order valence-corrected chi connectivity index (χ3v) is 5.89. The molecule has 0 amide bonds. The molecule has 2 aromatic rings. The number of pyridine rings is 1. The SMILES string of the molecule is FC1(F)CCC(Nc2nc(NC3CCC(F)(F)CC3)nc(-c3cccc(Cl)n3)n2)CC1. The highest BCUT2D eigenvalue weighted by molar-refractivity contribution is 6.29. The largest absolute Gasteiger partial charge is 0.351 e.